The summed E-state index contributed by atoms with van der Waals surface area (Å²) in [5.74, 6) is 6.81. The average molecular weight is 480 g/mol. The minimum Gasteiger partial charge on any atom is -0.494 e. The second-order valence-electron chi connectivity index (χ2n) is 7.45. The fourth-order valence-corrected chi connectivity index (χ4v) is 1.99. The number of hydrogen-bond acceptors (Lipinski definition) is 4. The molecule has 1 aliphatic carbocycles. The third-order valence-corrected chi connectivity index (χ3v) is 3.96. The molecule has 1 aliphatic rings. The third kappa shape index (κ3) is 47.5. The molecular formula is C29H53NO4. The summed E-state index contributed by atoms with van der Waals surface area (Å²) in [5.41, 5.74) is 0. The fraction of sp³-hybridized carbons (Fsp3) is 0.690. The van der Waals surface area contributed by atoms with Gasteiger partial charge in [0.15, 0.2) is 0 Å². The van der Waals surface area contributed by atoms with E-state index in [1.807, 2.05) is 26.8 Å². The van der Waals surface area contributed by atoms with Crippen molar-refractivity contribution in [2.45, 2.75) is 99.0 Å². The van der Waals surface area contributed by atoms with Crippen LogP contribution < -0.4 is 5.32 Å². The summed E-state index contributed by atoms with van der Waals surface area (Å²) in [6.07, 6.45) is 22.5. The highest BCUT2D eigenvalue weighted by Crippen LogP contribution is 2.28. The lowest BCUT2D eigenvalue weighted by atomic mass is 10.2. The summed E-state index contributed by atoms with van der Waals surface area (Å²) in [4.78, 5) is 8.36. The molecule has 0 saturated heterocycles. The van der Waals surface area contributed by atoms with Gasteiger partial charge in [0.05, 0.1) is 6.61 Å². The molecule has 0 spiro atoms. The summed E-state index contributed by atoms with van der Waals surface area (Å²) in [6, 6.07) is 0.556. The van der Waals surface area contributed by atoms with Gasteiger partial charge in [0.1, 0.15) is 5.76 Å². The largest absolute Gasteiger partial charge is 0.494 e. The first-order valence-electron chi connectivity index (χ1n) is 12.6. The topological polar surface area (TPSA) is 67.8 Å². The van der Waals surface area contributed by atoms with Crippen molar-refractivity contribution < 1.29 is 19.4 Å². The molecule has 1 rings (SSSR count). The number of terminal acetylenes is 2. The Morgan fingerprint density at radius 3 is 2.09 bits per heavy atom. The number of nitrogens with one attached hydrogen (secondary N) is 1. The van der Waals surface area contributed by atoms with Gasteiger partial charge in [0, 0.05) is 32.1 Å². The zero-order chi connectivity index (χ0) is 26.9. The number of carboxylic acid groups (broad SMARTS) is 1. The number of unbranched alkanes of at least 4 members (excludes halogenated alkanes) is 3. The summed E-state index contributed by atoms with van der Waals surface area (Å²) in [7, 11) is 0. The molecule has 0 unspecified atom stereocenters. The number of ether oxygens (including phenoxy) is 2. The van der Waals surface area contributed by atoms with Crippen LogP contribution in [-0.4, -0.2) is 44.0 Å². The van der Waals surface area contributed by atoms with E-state index < -0.39 is 0 Å². The Bertz CT molecular complexity index is 497. The Labute approximate surface area is 211 Å². The summed E-state index contributed by atoms with van der Waals surface area (Å²) >= 11 is 0. The fourth-order valence-electron chi connectivity index (χ4n) is 1.99. The normalized spacial score (nSPS) is 11.3. The van der Waals surface area contributed by atoms with E-state index in [1.54, 1.807) is 6.08 Å². The quantitative estimate of drug-likeness (QED) is 0.0938. The van der Waals surface area contributed by atoms with Crippen molar-refractivity contribution in [3.8, 4) is 24.7 Å². The third-order valence-electron chi connectivity index (χ3n) is 3.96. The van der Waals surface area contributed by atoms with Crippen LogP contribution in [0.2, 0.25) is 0 Å². The average Bonchev–Trinajstić information content (AvgIpc) is 3.67. The maximum absolute atomic E-state index is 8.36. The monoisotopic (exact) mass is 479 g/mol. The lowest BCUT2D eigenvalue weighted by Gasteiger charge is -2.09. The molecule has 0 heterocycles. The summed E-state index contributed by atoms with van der Waals surface area (Å²) in [6.45, 7) is 19.6. The number of hydrogen-bond donors (Lipinski definition) is 2. The zero-order valence-electron chi connectivity index (χ0n) is 22.9. The van der Waals surface area contributed by atoms with Crippen LogP contribution in [0, 0.1) is 30.6 Å². The molecule has 34 heavy (non-hydrogen) atoms. The highest BCUT2D eigenvalue weighted by molar-refractivity contribution is 5.32. The lowest BCUT2D eigenvalue weighted by Crippen LogP contribution is -2.24. The minimum atomic E-state index is -0.250. The van der Waals surface area contributed by atoms with Crippen molar-refractivity contribution >= 4 is 6.47 Å². The van der Waals surface area contributed by atoms with Crippen LogP contribution in [0.4, 0.5) is 0 Å². The smallest absolute Gasteiger partial charge is 0.290 e. The van der Waals surface area contributed by atoms with Crippen LogP contribution in [0.3, 0.4) is 0 Å². The first kappa shape index (κ1) is 39.0. The predicted molar refractivity (Wildman–Crippen MR) is 148 cm³/mol. The number of rotatable bonds is 14. The molecule has 0 aliphatic heterocycles. The number of allylic oxidation sites excluding steroid dienone is 2. The van der Waals surface area contributed by atoms with E-state index in [1.165, 1.54) is 25.7 Å². The predicted octanol–water partition coefficient (Wildman–Crippen LogP) is 6.84. The molecule has 1 fully saturated rings. The molecule has 198 valence electrons. The minimum absolute atomic E-state index is 0.250. The molecule has 2 N–H and O–H groups in total. The van der Waals surface area contributed by atoms with E-state index in [4.69, 9.17) is 32.2 Å². The first-order chi connectivity index (χ1) is 16.5. The Morgan fingerprint density at radius 1 is 1.15 bits per heavy atom. The van der Waals surface area contributed by atoms with Crippen molar-refractivity contribution in [1.82, 2.24) is 5.32 Å². The Hall–Kier alpha value is -2.21. The van der Waals surface area contributed by atoms with Gasteiger partial charge in [-0.05, 0) is 63.6 Å². The van der Waals surface area contributed by atoms with Crippen molar-refractivity contribution in [3.05, 3.63) is 24.5 Å². The van der Waals surface area contributed by atoms with Gasteiger partial charge < -0.3 is 19.9 Å². The van der Waals surface area contributed by atoms with Gasteiger partial charge in [-0.15, -0.1) is 24.7 Å². The van der Waals surface area contributed by atoms with Crippen molar-refractivity contribution in [2.75, 3.05) is 26.4 Å². The van der Waals surface area contributed by atoms with E-state index in [-0.39, 0.29) is 6.47 Å². The molecule has 0 bridgehead atoms. The van der Waals surface area contributed by atoms with Crippen LogP contribution in [0.15, 0.2) is 24.5 Å². The highest BCUT2D eigenvalue weighted by atomic mass is 16.5. The van der Waals surface area contributed by atoms with Gasteiger partial charge in [-0.3, -0.25) is 4.79 Å². The molecule has 0 aromatic carbocycles. The van der Waals surface area contributed by atoms with E-state index in [0.29, 0.717) is 6.04 Å². The van der Waals surface area contributed by atoms with E-state index in [9.17, 15) is 0 Å². The highest BCUT2D eigenvalue weighted by Gasteiger charge is 2.20. The number of carbonyl (C=O) groups is 1. The van der Waals surface area contributed by atoms with Gasteiger partial charge in [0.2, 0.25) is 0 Å². The molecule has 0 aromatic heterocycles. The van der Waals surface area contributed by atoms with Crippen LogP contribution in [0.25, 0.3) is 0 Å². The Morgan fingerprint density at radius 2 is 1.71 bits per heavy atom. The van der Waals surface area contributed by atoms with Gasteiger partial charge in [0.25, 0.3) is 6.47 Å². The van der Waals surface area contributed by atoms with Crippen LogP contribution in [0.1, 0.15) is 92.9 Å². The van der Waals surface area contributed by atoms with Gasteiger partial charge in [-0.25, -0.2) is 0 Å². The standard InChI is InChI=1S/C11H21NO.C8H16O.C7H8.C2H6.CH2O2/c1-5-11(6-2)13-9-7-8-12-10(3)4;1-2-3-6-9-7-8-4-5-8;1-3-5-7-6-4-2;1-2;2-1-3/h5-6,10,12H,1,7-9H2,2-4H3;8H,2-7H2,1H3;1-2H,5-7H2;1-2H3;1H,(H,2,3)/b11-6+;;;;. The molecule has 0 atom stereocenters. The van der Waals surface area contributed by atoms with Gasteiger partial charge >= 0.3 is 0 Å². The molecule has 0 radical (unpaired) electrons. The SMILES string of the molecule is C#CCCCC#C.C=C/C(=C\C)OCCCNC(C)C.CC.CCCCOCC1CC1.O=CO. The second-order valence-corrected chi connectivity index (χ2v) is 7.45. The second kappa shape index (κ2) is 38.1. The Kier molecular flexibility index (Phi) is 43.7. The summed E-state index contributed by atoms with van der Waals surface area (Å²) < 4.78 is 10.8. The van der Waals surface area contributed by atoms with Gasteiger partial charge in [-0.2, -0.15) is 0 Å². The molecule has 0 aromatic rings. The molecule has 0 amide bonds. The molecule has 1 saturated carbocycles. The van der Waals surface area contributed by atoms with E-state index in [2.05, 4.69) is 44.5 Å². The lowest BCUT2D eigenvalue weighted by molar-refractivity contribution is -0.122. The first-order valence-corrected chi connectivity index (χ1v) is 12.6. The van der Waals surface area contributed by atoms with Gasteiger partial charge in [-0.1, -0.05) is 47.6 Å². The van der Waals surface area contributed by atoms with Crippen molar-refractivity contribution in [2.24, 2.45) is 5.92 Å². The van der Waals surface area contributed by atoms with E-state index >= 15 is 0 Å². The maximum Gasteiger partial charge on any atom is 0.290 e. The molecular weight excluding hydrogens is 426 g/mol. The van der Waals surface area contributed by atoms with E-state index in [0.717, 1.165) is 63.7 Å². The van der Waals surface area contributed by atoms with Crippen molar-refractivity contribution in [3.63, 3.8) is 0 Å². The molecule has 5 nitrogen and oxygen atoms in total. The molecule has 5 heteroatoms. The van der Waals surface area contributed by atoms with Crippen LogP contribution in [-0.2, 0) is 14.3 Å². The summed E-state index contributed by atoms with van der Waals surface area (Å²) in [5, 5.41) is 10.2. The van der Waals surface area contributed by atoms with Crippen molar-refractivity contribution in [1.29, 1.82) is 0 Å². The Balaban J connectivity index is -0.000000187. The maximum atomic E-state index is 8.36. The van der Waals surface area contributed by atoms with Crippen LogP contribution in [0.5, 0.6) is 0 Å². The zero-order valence-corrected chi connectivity index (χ0v) is 22.9. The van der Waals surface area contributed by atoms with Crippen LogP contribution >= 0.6 is 0 Å².